The zero-order valence-corrected chi connectivity index (χ0v) is 18.1. The van der Waals surface area contributed by atoms with E-state index in [4.69, 9.17) is 10.2 Å². The molecule has 164 valence electrons. The summed E-state index contributed by atoms with van der Waals surface area (Å²) in [7, 11) is 0. The van der Waals surface area contributed by atoms with Crippen LogP contribution in [0.25, 0.3) is 0 Å². The van der Waals surface area contributed by atoms with E-state index in [9.17, 15) is 14.4 Å². The van der Waals surface area contributed by atoms with Gasteiger partial charge in [-0.05, 0) is 56.6 Å². The Labute approximate surface area is 181 Å². The smallest absolute Gasteiger partial charge is 0.232 e. The van der Waals surface area contributed by atoms with E-state index in [0.717, 1.165) is 44.3 Å². The lowest BCUT2D eigenvalue weighted by molar-refractivity contribution is -0.136. The maximum atomic E-state index is 12.8. The molecule has 0 radical (unpaired) electrons. The maximum absolute atomic E-state index is 12.8. The van der Waals surface area contributed by atoms with Crippen LogP contribution in [0.2, 0.25) is 0 Å². The van der Waals surface area contributed by atoms with E-state index in [1.165, 1.54) is 0 Å². The fourth-order valence-corrected chi connectivity index (χ4v) is 6.59. The Balaban J connectivity index is 1.38. The Morgan fingerprint density at radius 3 is 2.83 bits per heavy atom. The third kappa shape index (κ3) is 4.85. The molecule has 5 unspecified atom stereocenters. The molecule has 0 aromatic carbocycles. The SMILES string of the molecule is NC(=O)C1CCCC(CN2C(=O)CSC3CCC(C(=O)NCc4ccco4)CC32)C1. The van der Waals surface area contributed by atoms with Gasteiger partial charge in [0.1, 0.15) is 5.76 Å². The van der Waals surface area contributed by atoms with Crippen molar-refractivity contribution >= 4 is 29.5 Å². The van der Waals surface area contributed by atoms with Crippen molar-refractivity contribution in [2.75, 3.05) is 12.3 Å². The molecule has 1 aliphatic heterocycles. The van der Waals surface area contributed by atoms with Crippen molar-refractivity contribution in [1.29, 1.82) is 0 Å². The highest BCUT2D eigenvalue weighted by molar-refractivity contribution is 8.00. The zero-order chi connectivity index (χ0) is 21.1. The number of nitrogens with one attached hydrogen (secondary N) is 1. The van der Waals surface area contributed by atoms with Crippen molar-refractivity contribution in [3.05, 3.63) is 24.2 Å². The molecule has 3 N–H and O–H groups in total. The fraction of sp³-hybridized carbons (Fsp3) is 0.682. The Morgan fingerprint density at radius 1 is 1.20 bits per heavy atom. The molecule has 2 saturated carbocycles. The lowest BCUT2D eigenvalue weighted by Crippen LogP contribution is -2.56. The largest absolute Gasteiger partial charge is 0.467 e. The Morgan fingerprint density at radius 2 is 2.07 bits per heavy atom. The van der Waals surface area contributed by atoms with Crippen LogP contribution in [0, 0.1) is 17.8 Å². The van der Waals surface area contributed by atoms with Crippen LogP contribution >= 0.6 is 11.8 Å². The van der Waals surface area contributed by atoms with Crippen molar-refractivity contribution < 1.29 is 18.8 Å². The zero-order valence-electron chi connectivity index (χ0n) is 17.3. The molecule has 1 aromatic rings. The van der Waals surface area contributed by atoms with Crippen LogP contribution in [0.4, 0.5) is 0 Å². The molecule has 5 atom stereocenters. The molecule has 3 amide bonds. The molecule has 0 bridgehead atoms. The molecule has 7 nitrogen and oxygen atoms in total. The summed E-state index contributed by atoms with van der Waals surface area (Å²) in [6.45, 7) is 1.08. The second kappa shape index (κ2) is 9.45. The van der Waals surface area contributed by atoms with Gasteiger partial charge in [0, 0.05) is 29.7 Å². The Kier molecular flexibility index (Phi) is 6.71. The number of nitrogens with two attached hydrogens (primary N) is 1. The van der Waals surface area contributed by atoms with E-state index in [-0.39, 0.29) is 35.6 Å². The first-order valence-corrected chi connectivity index (χ1v) is 12.1. The molecular weight excluding hydrogens is 402 g/mol. The van der Waals surface area contributed by atoms with Crippen molar-refractivity contribution in [2.45, 2.75) is 62.8 Å². The first-order chi connectivity index (χ1) is 14.5. The van der Waals surface area contributed by atoms with Crippen LogP contribution in [0.1, 0.15) is 50.7 Å². The predicted molar refractivity (Wildman–Crippen MR) is 114 cm³/mol. The van der Waals surface area contributed by atoms with Gasteiger partial charge in [0.25, 0.3) is 0 Å². The van der Waals surface area contributed by atoms with Crippen molar-refractivity contribution in [1.82, 2.24) is 10.2 Å². The number of furan rings is 1. The first-order valence-electron chi connectivity index (χ1n) is 11.0. The summed E-state index contributed by atoms with van der Waals surface area (Å²) in [6.07, 6.45) is 7.77. The molecule has 0 spiro atoms. The lowest BCUT2D eigenvalue weighted by Gasteiger charge is -2.47. The van der Waals surface area contributed by atoms with E-state index in [0.29, 0.717) is 36.4 Å². The van der Waals surface area contributed by atoms with Gasteiger partial charge in [-0.15, -0.1) is 11.8 Å². The van der Waals surface area contributed by atoms with E-state index >= 15 is 0 Å². The monoisotopic (exact) mass is 433 g/mol. The molecule has 4 rings (SSSR count). The van der Waals surface area contributed by atoms with Crippen LogP contribution in [0.3, 0.4) is 0 Å². The van der Waals surface area contributed by atoms with Crippen LogP contribution in [0.15, 0.2) is 22.8 Å². The molecule has 2 heterocycles. The summed E-state index contributed by atoms with van der Waals surface area (Å²) in [5.41, 5.74) is 5.54. The van der Waals surface area contributed by atoms with Gasteiger partial charge in [-0.1, -0.05) is 6.42 Å². The van der Waals surface area contributed by atoms with Gasteiger partial charge in [-0.25, -0.2) is 0 Å². The van der Waals surface area contributed by atoms with Crippen LogP contribution in [-0.4, -0.2) is 46.2 Å². The standard InChI is InChI=1S/C22H31N3O4S/c23-21(27)15-4-1-3-14(9-15)12-25-18-10-16(6-7-19(18)30-13-20(25)26)22(28)24-11-17-5-2-8-29-17/h2,5,8,14-16,18-19H,1,3-4,6-7,9-13H2,(H2,23,27)(H,24,28). The van der Waals surface area contributed by atoms with Gasteiger partial charge in [0.2, 0.25) is 17.7 Å². The molecule has 3 fully saturated rings. The minimum atomic E-state index is -0.218. The average molecular weight is 434 g/mol. The van der Waals surface area contributed by atoms with Gasteiger partial charge in [-0.3, -0.25) is 14.4 Å². The number of thioether (sulfide) groups is 1. The van der Waals surface area contributed by atoms with E-state index in [2.05, 4.69) is 5.32 Å². The van der Waals surface area contributed by atoms with Crippen LogP contribution < -0.4 is 11.1 Å². The number of hydrogen-bond acceptors (Lipinski definition) is 5. The minimum Gasteiger partial charge on any atom is -0.467 e. The van der Waals surface area contributed by atoms with Crippen molar-refractivity contribution in [3.63, 3.8) is 0 Å². The first kappa shape index (κ1) is 21.3. The fourth-order valence-electron chi connectivity index (χ4n) is 5.29. The summed E-state index contributed by atoms with van der Waals surface area (Å²) in [5, 5.41) is 3.38. The summed E-state index contributed by atoms with van der Waals surface area (Å²) in [5.74, 6) is 1.41. The molecule has 3 aliphatic rings. The van der Waals surface area contributed by atoms with E-state index in [1.807, 2.05) is 17.0 Å². The van der Waals surface area contributed by atoms with Gasteiger partial charge in [0.15, 0.2) is 0 Å². The van der Waals surface area contributed by atoms with Gasteiger partial charge >= 0.3 is 0 Å². The van der Waals surface area contributed by atoms with Crippen molar-refractivity contribution in [3.8, 4) is 0 Å². The van der Waals surface area contributed by atoms with Gasteiger partial charge in [-0.2, -0.15) is 0 Å². The van der Waals surface area contributed by atoms with Crippen molar-refractivity contribution in [2.24, 2.45) is 23.5 Å². The van der Waals surface area contributed by atoms with E-state index in [1.54, 1.807) is 18.0 Å². The van der Waals surface area contributed by atoms with E-state index < -0.39 is 0 Å². The third-order valence-corrected chi connectivity index (χ3v) is 8.32. The molecule has 30 heavy (non-hydrogen) atoms. The summed E-state index contributed by atoms with van der Waals surface area (Å²) >= 11 is 1.74. The summed E-state index contributed by atoms with van der Waals surface area (Å²) in [4.78, 5) is 39.2. The Hall–Kier alpha value is -1.96. The van der Waals surface area contributed by atoms with Crippen LogP contribution in [-0.2, 0) is 20.9 Å². The minimum absolute atomic E-state index is 0.0410. The third-order valence-electron chi connectivity index (χ3n) is 6.92. The second-order valence-electron chi connectivity index (χ2n) is 8.90. The lowest BCUT2D eigenvalue weighted by atomic mass is 9.79. The van der Waals surface area contributed by atoms with Gasteiger partial charge < -0.3 is 20.4 Å². The topological polar surface area (TPSA) is 106 Å². The summed E-state index contributed by atoms with van der Waals surface area (Å²) in [6, 6.07) is 3.75. The number of amides is 3. The number of carbonyl (C=O) groups excluding carboxylic acids is 3. The number of primary amides is 1. The number of rotatable bonds is 6. The number of nitrogens with zero attached hydrogens (tertiary/aromatic N) is 1. The molecule has 1 aromatic heterocycles. The molecule has 8 heteroatoms. The van der Waals surface area contributed by atoms with Crippen LogP contribution in [0.5, 0.6) is 0 Å². The highest BCUT2D eigenvalue weighted by atomic mass is 32.2. The predicted octanol–water partition coefficient (Wildman–Crippen LogP) is 2.30. The average Bonchev–Trinajstić information content (AvgIpc) is 3.27. The second-order valence-corrected chi connectivity index (χ2v) is 10.1. The molecular formula is C22H31N3O4S. The molecule has 2 aliphatic carbocycles. The number of carbonyl (C=O) groups is 3. The summed E-state index contributed by atoms with van der Waals surface area (Å²) < 4.78 is 5.29. The number of hydrogen-bond donors (Lipinski definition) is 2. The molecule has 1 saturated heterocycles. The normalized spacial score (nSPS) is 31.8. The highest BCUT2D eigenvalue weighted by Crippen LogP contribution is 2.40. The maximum Gasteiger partial charge on any atom is 0.232 e. The quantitative estimate of drug-likeness (QED) is 0.716. The Bertz CT molecular complexity index is 768. The number of fused-ring (bicyclic) bond motifs is 1. The highest BCUT2D eigenvalue weighted by Gasteiger charge is 2.43. The van der Waals surface area contributed by atoms with Gasteiger partial charge in [0.05, 0.1) is 18.6 Å².